The summed E-state index contributed by atoms with van der Waals surface area (Å²) in [5, 5.41) is 2.62. The molecule has 0 bridgehead atoms. The zero-order valence-corrected chi connectivity index (χ0v) is 11.8. The van der Waals surface area contributed by atoms with E-state index in [0.29, 0.717) is 25.1 Å². The fourth-order valence-electron chi connectivity index (χ4n) is 1.89. The van der Waals surface area contributed by atoms with Crippen molar-refractivity contribution >= 4 is 5.91 Å². The number of carbonyl (C=O) groups is 1. The molecule has 0 aliphatic heterocycles. The Morgan fingerprint density at radius 1 is 1.33 bits per heavy atom. The lowest BCUT2D eigenvalue weighted by Gasteiger charge is -2.22. The molecule has 3 N–H and O–H groups in total. The van der Waals surface area contributed by atoms with Gasteiger partial charge < -0.3 is 11.1 Å². The molecule has 1 atom stereocenters. The van der Waals surface area contributed by atoms with Gasteiger partial charge in [-0.15, -0.1) is 0 Å². The number of halogens is 4. The third kappa shape index (κ3) is 4.70. The van der Waals surface area contributed by atoms with E-state index in [0.717, 1.165) is 6.07 Å². The fraction of sp³-hybridized carbons (Fsp3) is 0.500. The molecule has 0 aliphatic carbocycles. The van der Waals surface area contributed by atoms with Crippen LogP contribution in [-0.4, -0.2) is 18.5 Å². The molecule has 0 saturated heterocycles. The van der Waals surface area contributed by atoms with Crippen LogP contribution in [0, 0.1) is 11.7 Å². The Labute approximate surface area is 120 Å². The van der Waals surface area contributed by atoms with Crippen LogP contribution in [0.5, 0.6) is 0 Å². The van der Waals surface area contributed by atoms with Gasteiger partial charge in [-0.3, -0.25) is 4.79 Å². The topological polar surface area (TPSA) is 55.1 Å². The monoisotopic (exact) mass is 306 g/mol. The highest BCUT2D eigenvalue weighted by molar-refractivity contribution is 5.94. The maximum atomic E-state index is 13.2. The van der Waals surface area contributed by atoms with Crippen molar-refractivity contribution in [3.8, 4) is 0 Å². The highest BCUT2D eigenvalue weighted by atomic mass is 19.4. The van der Waals surface area contributed by atoms with Crippen molar-refractivity contribution < 1.29 is 22.4 Å². The van der Waals surface area contributed by atoms with Gasteiger partial charge in [0.1, 0.15) is 5.82 Å². The van der Waals surface area contributed by atoms with Crippen LogP contribution < -0.4 is 11.1 Å². The summed E-state index contributed by atoms with van der Waals surface area (Å²) in [6.45, 7) is 4.08. The summed E-state index contributed by atoms with van der Waals surface area (Å²) in [5.41, 5.74) is 3.75. The lowest BCUT2D eigenvalue weighted by atomic mass is 10.00. The minimum absolute atomic E-state index is 0.0834. The first-order valence-electron chi connectivity index (χ1n) is 6.54. The molecule has 7 heteroatoms. The molecule has 0 saturated carbocycles. The molecule has 0 aromatic heterocycles. The van der Waals surface area contributed by atoms with Gasteiger partial charge in [0, 0.05) is 11.6 Å². The second kappa shape index (κ2) is 6.89. The number of alkyl halides is 3. The zero-order chi connectivity index (χ0) is 16.2. The van der Waals surface area contributed by atoms with Gasteiger partial charge in [-0.2, -0.15) is 13.2 Å². The van der Waals surface area contributed by atoms with Crippen LogP contribution in [0.3, 0.4) is 0 Å². The molecular formula is C14H18F4N2O. The number of carbonyl (C=O) groups excluding carboxylic acids is 1. The Hall–Kier alpha value is -1.63. The van der Waals surface area contributed by atoms with E-state index in [2.05, 4.69) is 5.32 Å². The molecule has 1 amide bonds. The highest BCUT2D eigenvalue weighted by Crippen LogP contribution is 2.31. The van der Waals surface area contributed by atoms with Crippen LogP contribution >= 0.6 is 0 Å². The van der Waals surface area contributed by atoms with Crippen molar-refractivity contribution in [1.29, 1.82) is 0 Å². The Balaban J connectivity index is 2.98. The highest BCUT2D eigenvalue weighted by Gasteiger charge is 2.34. The van der Waals surface area contributed by atoms with Crippen LogP contribution in [0.1, 0.15) is 36.2 Å². The molecule has 0 aliphatic rings. The van der Waals surface area contributed by atoms with Gasteiger partial charge >= 0.3 is 6.18 Å². The summed E-state index contributed by atoms with van der Waals surface area (Å²) in [4.78, 5) is 12.0. The summed E-state index contributed by atoms with van der Waals surface area (Å²) < 4.78 is 51.0. The second-order valence-electron chi connectivity index (χ2n) is 5.09. The summed E-state index contributed by atoms with van der Waals surface area (Å²) >= 11 is 0. The number of amides is 1. The van der Waals surface area contributed by atoms with Crippen molar-refractivity contribution in [2.24, 2.45) is 11.7 Å². The molecule has 0 fully saturated rings. The van der Waals surface area contributed by atoms with E-state index in [1.54, 1.807) is 0 Å². The van der Waals surface area contributed by atoms with Gasteiger partial charge in [0.05, 0.1) is 5.56 Å². The molecule has 1 aromatic rings. The molecule has 0 heterocycles. The molecule has 1 rings (SSSR count). The van der Waals surface area contributed by atoms with Crippen molar-refractivity contribution in [3.05, 3.63) is 35.1 Å². The minimum atomic E-state index is -4.84. The average Bonchev–Trinajstić information content (AvgIpc) is 2.37. The third-order valence-electron chi connectivity index (χ3n) is 3.13. The second-order valence-corrected chi connectivity index (χ2v) is 5.09. The average molecular weight is 306 g/mol. The predicted molar refractivity (Wildman–Crippen MR) is 71.2 cm³/mol. The first kappa shape index (κ1) is 17.4. The fourth-order valence-corrected chi connectivity index (χ4v) is 1.89. The molecule has 1 unspecified atom stereocenters. The number of nitrogens with one attached hydrogen (secondary N) is 1. The van der Waals surface area contributed by atoms with Gasteiger partial charge in [0.15, 0.2) is 0 Å². The summed E-state index contributed by atoms with van der Waals surface area (Å²) in [7, 11) is 0. The quantitative estimate of drug-likeness (QED) is 0.822. The Kier molecular flexibility index (Phi) is 5.71. The van der Waals surface area contributed by atoms with Crippen molar-refractivity contribution in [2.75, 3.05) is 6.54 Å². The maximum absolute atomic E-state index is 13.2. The van der Waals surface area contributed by atoms with E-state index < -0.39 is 23.5 Å². The first-order valence-corrected chi connectivity index (χ1v) is 6.54. The van der Waals surface area contributed by atoms with Crippen molar-refractivity contribution in [2.45, 2.75) is 32.5 Å². The van der Waals surface area contributed by atoms with Crippen LogP contribution in [0.2, 0.25) is 0 Å². The molecule has 0 spiro atoms. The van der Waals surface area contributed by atoms with Gasteiger partial charge in [-0.25, -0.2) is 4.39 Å². The van der Waals surface area contributed by atoms with Crippen LogP contribution in [0.15, 0.2) is 18.2 Å². The zero-order valence-electron chi connectivity index (χ0n) is 11.8. The molecule has 21 heavy (non-hydrogen) atoms. The van der Waals surface area contributed by atoms with Gasteiger partial charge in [-0.1, -0.05) is 13.8 Å². The van der Waals surface area contributed by atoms with E-state index in [9.17, 15) is 22.4 Å². The van der Waals surface area contributed by atoms with Crippen LogP contribution in [-0.2, 0) is 6.18 Å². The van der Waals surface area contributed by atoms with Gasteiger partial charge in [0.2, 0.25) is 0 Å². The standard InChI is InChI=1S/C14H18F4N2O/c1-8(2)12(5-6-19)20-13(21)9-3-4-11(15)10(7-9)14(16,17)18/h3-4,7-8,12H,5-6,19H2,1-2H3,(H,20,21). The smallest absolute Gasteiger partial charge is 0.349 e. The lowest BCUT2D eigenvalue weighted by Crippen LogP contribution is -2.40. The van der Waals surface area contributed by atoms with Crippen molar-refractivity contribution in [3.63, 3.8) is 0 Å². The SMILES string of the molecule is CC(C)C(CCN)NC(=O)c1ccc(F)c(C(F)(F)F)c1. The summed E-state index contributed by atoms with van der Waals surface area (Å²) in [6, 6.07) is 1.94. The van der Waals surface area contributed by atoms with E-state index >= 15 is 0 Å². The van der Waals surface area contributed by atoms with E-state index in [4.69, 9.17) is 5.73 Å². The Bertz CT molecular complexity index is 500. The van der Waals surface area contributed by atoms with Gasteiger partial charge in [-0.05, 0) is 37.1 Å². The summed E-state index contributed by atoms with van der Waals surface area (Å²) in [6.07, 6.45) is -4.33. The maximum Gasteiger partial charge on any atom is 0.419 e. The Morgan fingerprint density at radius 3 is 2.43 bits per heavy atom. The largest absolute Gasteiger partial charge is 0.419 e. The number of hydrogen-bond acceptors (Lipinski definition) is 2. The predicted octanol–water partition coefficient (Wildman–Crippen LogP) is 2.95. The lowest BCUT2D eigenvalue weighted by molar-refractivity contribution is -0.140. The number of rotatable bonds is 5. The number of benzene rings is 1. The summed E-state index contributed by atoms with van der Waals surface area (Å²) in [5.74, 6) is -1.99. The minimum Gasteiger partial charge on any atom is -0.349 e. The van der Waals surface area contributed by atoms with E-state index in [1.165, 1.54) is 0 Å². The third-order valence-corrected chi connectivity index (χ3v) is 3.13. The molecular weight excluding hydrogens is 288 g/mol. The normalized spacial score (nSPS) is 13.3. The molecule has 3 nitrogen and oxygen atoms in total. The van der Waals surface area contributed by atoms with Crippen LogP contribution in [0.4, 0.5) is 17.6 Å². The number of hydrogen-bond donors (Lipinski definition) is 2. The molecule has 1 aromatic carbocycles. The Morgan fingerprint density at radius 2 is 1.95 bits per heavy atom. The van der Waals surface area contributed by atoms with Crippen LogP contribution in [0.25, 0.3) is 0 Å². The van der Waals surface area contributed by atoms with Gasteiger partial charge in [0.25, 0.3) is 5.91 Å². The molecule has 0 radical (unpaired) electrons. The van der Waals surface area contributed by atoms with Crippen molar-refractivity contribution in [1.82, 2.24) is 5.32 Å². The first-order chi connectivity index (χ1) is 9.66. The number of nitrogens with two attached hydrogens (primary N) is 1. The van der Waals surface area contributed by atoms with E-state index in [-0.39, 0.29) is 17.5 Å². The molecule has 118 valence electrons. The van der Waals surface area contributed by atoms with E-state index in [1.807, 2.05) is 13.8 Å².